The van der Waals surface area contributed by atoms with Gasteiger partial charge < -0.3 is 14.4 Å². The van der Waals surface area contributed by atoms with Crippen molar-refractivity contribution < 1.29 is 14.3 Å². The van der Waals surface area contributed by atoms with Crippen LogP contribution in [0.25, 0.3) is 0 Å². The van der Waals surface area contributed by atoms with Crippen LogP contribution in [0.15, 0.2) is 54.6 Å². The number of para-hydroxylation sites is 1. The Bertz CT molecular complexity index is 640. The maximum atomic E-state index is 11.1. The number of carbonyl (C=O) groups is 1. The minimum Gasteiger partial charge on any atom is -0.485 e. The second kappa shape index (κ2) is 9.08. The molecule has 1 atom stereocenters. The summed E-state index contributed by atoms with van der Waals surface area (Å²) in [5, 5.41) is 0. The van der Waals surface area contributed by atoms with Crippen LogP contribution in [0.3, 0.4) is 0 Å². The van der Waals surface area contributed by atoms with Crippen LogP contribution in [0.1, 0.15) is 30.6 Å². The van der Waals surface area contributed by atoms with Gasteiger partial charge in [0.05, 0.1) is 0 Å². The number of hydrogen-bond donors (Lipinski definition) is 0. The lowest BCUT2D eigenvalue weighted by molar-refractivity contribution is -0.142. The number of nitrogens with zero attached hydrogens (tertiary/aromatic N) is 1. The van der Waals surface area contributed by atoms with Crippen molar-refractivity contribution in [2.75, 3.05) is 20.6 Å². The molecule has 0 N–H and O–H groups in total. The predicted octanol–water partition coefficient (Wildman–Crippen LogP) is 3.82. The van der Waals surface area contributed by atoms with Gasteiger partial charge in [-0.15, -0.1) is 0 Å². The number of benzene rings is 2. The second-order valence-electron chi connectivity index (χ2n) is 6.00. The molecule has 128 valence electrons. The molecule has 0 aliphatic rings. The molecule has 0 radical (unpaired) electrons. The Kier molecular flexibility index (Phi) is 6.82. The first-order chi connectivity index (χ1) is 11.6. The third-order valence-corrected chi connectivity index (χ3v) is 3.68. The monoisotopic (exact) mass is 327 g/mol. The van der Waals surface area contributed by atoms with Crippen molar-refractivity contribution in [1.29, 1.82) is 0 Å². The molecule has 0 bridgehead atoms. The lowest BCUT2D eigenvalue weighted by atomic mass is 10.1. The van der Waals surface area contributed by atoms with Crippen molar-refractivity contribution in [3.8, 4) is 5.75 Å². The van der Waals surface area contributed by atoms with Gasteiger partial charge in [-0.3, -0.25) is 4.79 Å². The maximum absolute atomic E-state index is 11.1. The highest BCUT2D eigenvalue weighted by atomic mass is 16.5. The molecule has 0 fully saturated rings. The SMILES string of the molecule is CC(=O)OCc1ccccc1OC(CCN(C)C)c1ccccc1. The van der Waals surface area contributed by atoms with Crippen LogP contribution < -0.4 is 4.74 Å². The Morgan fingerprint density at radius 1 is 1.04 bits per heavy atom. The fraction of sp³-hybridized carbons (Fsp3) is 0.350. The van der Waals surface area contributed by atoms with E-state index in [4.69, 9.17) is 9.47 Å². The summed E-state index contributed by atoms with van der Waals surface area (Å²) in [7, 11) is 4.10. The highest BCUT2D eigenvalue weighted by Crippen LogP contribution is 2.28. The summed E-state index contributed by atoms with van der Waals surface area (Å²) in [5.74, 6) is 0.461. The fourth-order valence-corrected chi connectivity index (χ4v) is 2.41. The van der Waals surface area contributed by atoms with E-state index in [9.17, 15) is 4.79 Å². The minimum atomic E-state index is -0.294. The number of rotatable bonds is 8. The van der Waals surface area contributed by atoms with Gasteiger partial charge in [0.2, 0.25) is 0 Å². The van der Waals surface area contributed by atoms with E-state index in [1.54, 1.807) is 0 Å². The van der Waals surface area contributed by atoms with E-state index in [0.717, 1.165) is 29.8 Å². The molecule has 0 aliphatic heterocycles. The van der Waals surface area contributed by atoms with Gasteiger partial charge in [0.1, 0.15) is 18.5 Å². The summed E-state index contributed by atoms with van der Waals surface area (Å²) in [6, 6.07) is 17.9. The molecule has 0 saturated carbocycles. The molecule has 4 nitrogen and oxygen atoms in total. The Balaban J connectivity index is 2.18. The Labute approximate surface area is 144 Å². The lowest BCUT2D eigenvalue weighted by Gasteiger charge is -2.23. The quantitative estimate of drug-likeness (QED) is 0.691. The predicted molar refractivity (Wildman–Crippen MR) is 94.9 cm³/mol. The summed E-state index contributed by atoms with van der Waals surface area (Å²) < 4.78 is 11.4. The average Bonchev–Trinajstić information content (AvgIpc) is 2.58. The standard InChI is InChI=1S/C20H25NO3/c1-16(22)23-15-18-11-7-8-12-19(18)24-20(13-14-21(2)3)17-9-5-4-6-10-17/h4-12,20H,13-15H2,1-3H3. The third kappa shape index (κ3) is 5.70. The molecule has 2 aromatic carbocycles. The van der Waals surface area contributed by atoms with Crippen molar-refractivity contribution in [2.45, 2.75) is 26.1 Å². The number of esters is 1. The molecule has 24 heavy (non-hydrogen) atoms. The average molecular weight is 327 g/mol. The Morgan fingerprint density at radius 3 is 2.38 bits per heavy atom. The molecule has 2 aromatic rings. The van der Waals surface area contributed by atoms with Gasteiger partial charge >= 0.3 is 5.97 Å². The third-order valence-electron chi connectivity index (χ3n) is 3.68. The number of hydrogen-bond acceptors (Lipinski definition) is 4. The van der Waals surface area contributed by atoms with Crippen molar-refractivity contribution >= 4 is 5.97 Å². The van der Waals surface area contributed by atoms with E-state index < -0.39 is 0 Å². The maximum Gasteiger partial charge on any atom is 0.302 e. The zero-order valence-corrected chi connectivity index (χ0v) is 14.6. The van der Waals surface area contributed by atoms with Gasteiger partial charge in [-0.05, 0) is 25.7 Å². The van der Waals surface area contributed by atoms with E-state index in [1.165, 1.54) is 6.92 Å². The second-order valence-corrected chi connectivity index (χ2v) is 6.00. The fourth-order valence-electron chi connectivity index (χ4n) is 2.41. The Morgan fingerprint density at radius 2 is 1.71 bits per heavy atom. The van der Waals surface area contributed by atoms with Crippen molar-refractivity contribution in [3.63, 3.8) is 0 Å². The van der Waals surface area contributed by atoms with E-state index in [-0.39, 0.29) is 18.7 Å². The smallest absolute Gasteiger partial charge is 0.302 e. The number of carbonyl (C=O) groups excluding carboxylic acids is 1. The van der Waals surface area contributed by atoms with Crippen molar-refractivity contribution in [1.82, 2.24) is 4.90 Å². The Hall–Kier alpha value is -2.33. The molecule has 0 spiro atoms. The van der Waals surface area contributed by atoms with Gasteiger partial charge in [0, 0.05) is 25.5 Å². The summed E-state index contributed by atoms with van der Waals surface area (Å²) >= 11 is 0. The molecule has 0 saturated heterocycles. The van der Waals surface area contributed by atoms with Crippen LogP contribution in [-0.2, 0) is 16.1 Å². The molecule has 0 amide bonds. The van der Waals surface area contributed by atoms with Gasteiger partial charge in [0.25, 0.3) is 0 Å². The highest BCUT2D eigenvalue weighted by molar-refractivity contribution is 5.66. The number of ether oxygens (including phenoxy) is 2. The first-order valence-electron chi connectivity index (χ1n) is 8.14. The zero-order chi connectivity index (χ0) is 17.4. The largest absolute Gasteiger partial charge is 0.485 e. The highest BCUT2D eigenvalue weighted by Gasteiger charge is 2.16. The van der Waals surface area contributed by atoms with Crippen molar-refractivity contribution in [2.24, 2.45) is 0 Å². The summed E-state index contributed by atoms with van der Waals surface area (Å²) in [6.07, 6.45) is 0.825. The molecule has 0 aliphatic carbocycles. The normalized spacial score (nSPS) is 12.0. The van der Waals surface area contributed by atoms with Crippen LogP contribution in [0, 0.1) is 0 Å². The molecular formula is C20H25NO3. The molecule has 1 unspecified atom stereocenters. The van der Waals surface area contributed by atoms with Crippen LogP contribution in [0.2, 0.25) is 0 Å². The van der Waals surface area contributed by atoms with E-state index in [0.29, 0.717) is 0 Å². The first kappa shape index (κ1) is 18.0. The van der Waals surface area contributed by atoms with E-state index >= 15 is 0 Å². The molecule has 0 heterocycles. The van der Waals surface area contributed by atoms with Gasteiger partial charge in [0.15, 0.2) is 0 Å². The molecular weight excluding hydrogens is 302 g/mol. The first-order valence-corrected chi connectivity index (χ1v) is 8.14. The van der Waals surface area contributed by atoms with E-state index in [2.05, 4.69) is 31.1 Å². The topological polar surface area (TPSA) is 38.8 Å². The molecule has 0 aromatic heterocycles. The summed E-state index contributed by atoms with van der Waals surface area (Å²) in [4.78, 5) is 13.2. The van der Waals surface area contributed by atoms with Crippen LogP contribution in [-0.4, -0.2) is 31.5 Å². The van der Waals surface area contributed by atoms with Gasteiger partial charge in [-0.2, -0.15) is 0 Å². The van der Waals surface area contributed by atoms with Crippen LogP contribution in [0.5, 0.6) is 5.75 Å². The van der Waals surface area contributed by atoms with Gasteiger partial charge in [-0.1, -0.05) is 48.5 Å². The minimum absolute atomic E-state index is 0.0490. The molecule has 4 heteroatoms. The summed E-state index contributed by atoms with van der Waals surface area (Å²) in [5.41, 5.74) is 2.01. The molecule has 2 rings (SSSR count). The van der Waals surface area contributed by atoms with Crippen LogP contribution >= 0.6 is 0 Å². The van der Waals surface area contributed by atoms with E-state index in [1.807, 2.05) is 42.5 Å². The summed E-state index contributed by atoms with van der Waals surface area (Å²) in [6.45, 7) is 2.56. The van der Waals surface area contributed by atoms with Crippen molar-refractivity contribution in [3.05, 3.63) is 65.7 Å². The zero-order valence-electron chi connectivity index (χ0n) is 14.6. The lowest BCUT2D eigenvalue weighted by Crippen LogP contribution is -2.19. The van der Waals surface area contributed by atoms with Gasteiger partial charge in [-0.25, -0.2) is 0 Å². The van der Waals surface area contributed by atoms with Crippen LogP contribution in [0.4, 0.5) is 0 Å².